The summed E-state index contributed by atoms with van der Waals surface area (Å²) in [5.74, 6) is 0.140. The number of piperidine rings is 1. The second-order valence-corrected chi connectivity index (χ2v) is 8.20. The Bertz CT molecular complexity index is 907. The normalized spacial score (nSPS) is 14.0. The molecule has 2 N–H and O–H groups in total. The van der Waals surface area contributed by atoms with E-state index < -0.39 is 0 Å². The summed E-state index contributed by atoms with van der Waals surface area (Å²) in [6.07, 6.45) is 3.47. The Morgan fingerprint density at radius 2 is 1.53 bits per heavy atom. The smallest absolute Gasteiger partial charge is 0.323 e. The van der Waals surface area contributed by atoms with E-state index in [4.69, 9.17) is 0 Å². The fraction of sp³-hybridized carbons (Fsp3) is 0.400. The van der Waals surface area contributed by atoms with Gasteiger partial charge in [-0.1, -0.05) is 31.5 Å². The predicted octanol–water partition coefficient (Wildman–Crippen LogP) is 4.44. The number of hydrogen-bond donors (Lipinski definition) is 2. The Kier molecular flexibility index (Phi) is 8.25. The number of unbranched alkanes of at least 4 members (excludes halogenated alkanes) is 1. The Morgan fingerprint density at radius 1 is 0.938 bits per heavy atom. The van der Waals surface area contributed by atoms with Crippen molar-refractivity contribution in [1.82, 2.24) is 9.80 Å². The van der Waals surface area contributed by atoms with Crippen molar-refractivity contribution in [2.45, 2.75) is 32.6 Å². The number of anilines is 2. The molecule has 4 amide bonds. The van der Waals surface area contributed by atoms with Gasteiger partial charge >= 0.3 is 6.03 Å². The lowest BCUT2D eigenvalue weighted by Crippen LogP contribution is -2.43. The molecule has 0 bridgehead atoms. The second-order valence-electron chi connectivity index (χ2n) is 8.20. The summed E-state index contributed by atoms with van der Waals surface area (Å²) in [5.41, 5.74) is 1.88. The molecule has 0 saturated carbocycles. The minimum atomic E-state index is -0.342. The van der Waals surface area contributed by atoms with Crippen LogP contribution < -0.4 is 10.6 Å². The van der Waals surface area contributed by atoms with Crippen molar-refractivity contribution in [2.75, 3.05) is 37.3 Å². The lowest BCUT2D eigenvalue weighted by molar-refractivity contribution is -0.135. The van der Waals surface area contributed by atoms with E-state index in [1.165, 1.54) is 0 Å². The Balaban J connectivity index is 1.48. The number of benzene rings is 2. The van der Waals surface area contributed by atoms with Crippen LogP contribution in [0.25, 0.3) is 0 Å². The summed E-state index contributed by atoms with van der Waals surface area (Å²) in [4.78, 5) is 41.2. The molecule has 0 radical (unpaired) electrons. The maximum Gasteiger partial charge on any atom is 0.323 e. The monoisotopic (exact) mass is 436 g/mol. The molecule has 0 aliphatic carbocycles. The van der Waals surface area contributed by atoms with Gasteiger partial charge in [0.05, 0.1) is 0 Å². The minimum absolute atomic E-state index is 0.00407. The van der Waals surface area contributed by atoms with E-state index in [0.717, 1.165) is 19.4 Å². The maximum atomic E-state index is 12.9. The lowest BCUT2D eigenvalue weighted by Gasteiger charge is -2.33. The number of para-hydroxylation sites is 1. The third-order valence-electron chi connectivity index (χ3n) is 5.78. The van der Waals surface area contributed by atoms with Gasteiger partial charge in [-0.15, -0.1) is 0 Å². The Labute approximate surface area is 189 Å². The molecule has 32 heavy (non-hydrogen) atoms. The van der Waals surface area contributed by atoms with Gasteiger partial charge in [0.25, 0.3) is 5.91 Å². The van der Waals surface area contributed by atoms with Crippen LogP contribution in [0.15, 0.2) is 54.6 Å². The topological polar surface area (TPSA) is 81.8 Å². The van der Waals surface area contributed by atoms with Gasteiger partial charge in [-0.05, 0) is 55.7 Å². The van der Waals surface area contributed by atoms with Crippen LogP contribution in [0.1, 0.15) is 43.0 Å². The van der Waals surface area contributed by atoms with Gasteiger partial charge in [0.1, 0.15) is 0 Å². The standard InChI is InChI=1S/C25H32N4O3/c1-3-4-16-28(2)23(30)20-14-17-29(18-15-20)24(31)19-10-12-22(13-11-19)27-25(32)26-21-8-6-5-7-9-21/h5-13,20H,3-4,14-18H2,1-2H3,(H2,26,27,32). The fourth-order valence-corrected chi connectivity index (χ4v) is 3.84. The van der Waals surface area contributed by atoms with Crippen molar-refractivity contribution in [3.63, 3.8) is 0 Å². The highest BCUT2D eigenvalue weighted by Crippen LogP contribution is 2.22. The third kappa shape index (κ3) is 6.33. The molecule has 0 atom stereocenters. The number of nitrogens with zero attached hydrogens (tertiary/aromatic N) is 2. The van der Waals surface area contributed by atoms with E-state index in [1.54, 1.807) is 41.3 Å². The van der Waals surface area contributed by atoms with Crippen molar-refractivity contribution in [2.24, 2.45) is 5.92 Å². The molecular formula is C25H32N4O3. The molecule has 3 rings (SSSR count). The van der Waals surface area contributed by atoms with Crippen LogP contribution in [0.4, 0.5) is 16.2 Å². The summed E-state index contributed by atoms with van der Waals surface area (Å²) in [6, 6.07) is 15.7. The number of urea groups is 1. The van der Waals surface area contributed by atoms with Crippen molar-refractivity contribution < 1.29 is 14.4 Å². The first-order chi connectivity index (χ1) is 15.5. The number of carbonyl (C=O) groups is 3. The van der Waals surface area contributed by atoms with Crippen LogP contribution in [0.2, 0.25) is 0 Å². The minimum Gasteiger partial charge on any atom is -0.346 e. The predicted molar refractivity (Wildman–Crippen MR) is 127 cm³/mol. The van der Waals surface area contributed by atoms with Crippen LogP contribution in [0, 0.1) is 5.92 Å². The molecule has 1 heterocycles. The quantitative estimate of drug-likeness (QED) is 0.673. The highest BCUT2D eigenvalue weighted by molar-refractivity contribution is 6.00. The van der Waals surface area contributed by atoms with Crippen molar-refractivity contribution in [1.29, 1.82) is 0 Å². The molecule has 0 aromatic heterocycles. The fourth-order valence-electron chi connectivity index (χ4n) is 3.84. The summed E-state index contributed by atoms with van der Waals surface area (Å²) in [5, 5.41) is 5.52. The molecule has 0 spiro atoms. The number of likely N-dealkylation sites (tertiary alicyclic amines) is 1. The molecule has 170 valence electrons. The zero-order chi connectivity index (χ0) is 22.9. The first kappa shape index (κ1) is 23.3. The molecule has 1 aliphatic heterocycles. The van der Waals surface area contributed by atoms with E-state index in [-0.39, 0.29) is 23.8 Å². The average Bonchev–Trinajstić information content (AvgIpc) is 2.82. The number of nitrogens with one attached hydrogen (secondary N) is 2. The first-order valence-electron chi connectivity index (χ1n) is 11.2. The molecule has 7 nitrogen and oxygen atoms in total. The van der Waals surface area contributed by atoms with Crippen LogP contribution >= 0.6 is 0 Å². The molecule has 7 heteroatoms. The number of rotatable bonds is 7. The zero-order valence-electron chi connectivity index (χ0n) is 18.8. The van der Waals surface area contributed by atoms with Crippen LogP contribution in [-0.4, -0.2) is 54.3 Å². The van der Waals surface area contributed by atoms with E-state index in [2.05, 4.69) is 17.6 Å². The van der Waals surface area contributed by atoms with E-state index in [1.807, 2.05) is 30.1 Å². The van der Waals surface area contributed by atoms with E-state index in [0.29, 0.717) is 42.9 Å². The maximum absolute atomic E-state index is 12.9. The highest BCUT2D eigenvalue weighted by Gasteiger charge is 2.29. The first-order valence-corrected chi connectivity index (χ1v) is 11.2. The summed E-state index contributed by atoms with van der Waals surface area (Å²) < 4.78 is 0. The zero-order valence-corrected chi connectivity index (χ0v) is 18.8. The van der Waals surface area contributed by atoms with Crippen LogP contribution in [0.3, 0.4) is 0 Å². The van der Waals surface area contributed by atoms with Gasteiger partial charge in [-0.3, -0.25) is 9.59 Å². The highest BCUT2D eigenvalue weighted by atomic mass is 16.2. The van der Waals surface area contributed by atoms with Crippen molar-refractivity contribution >= 4 is 29.2 Å². The molecular weight excluding hydrogens is 404 g/mol. The molecule has 2 aromatic carbocycles. The molecule has 1 aliphatic rings. The number of amides is 4. The van der Waals surface area contributed by atoms with Gasteiger partial charge in [0.2, 0.25) is 5.91 Å². The molecule has 1 fully saturated rings. The molecule has 1 saturated heterocycles. The molecule has 2 aromatic rings. The van der Waals surface area contributed by atoms with Crippen LogP contribution in [-0.2, 0) is 4.79 Å². The molecule has 0 unspecified atom stereocenters. The van der Waals surface area contributed by atoms with Gasteiger partial charge in [0.15, 0.2) is 0 Å². The Hall–Kier alpha value is -3.35. The van der Waals surface area contributed by atoms with Crippen molar-refractivity contribution in [3.05, 3.63) is 60.2 Å². The average molecular weight is 437 g/mol. The largest absolute Gasteiger partial charge is 0.346 e. The summed E-state index contributed by atoms with van der Waals surface area (Å²) >= 11 is 0. The second kappa shape index (κ2) is 11.3. The van der Waals surface area contributed by atoms with Gasteiger partial charge in [0, 0.05) is 49.5 Å². The number of carbonyl (C=O) groups excluding carboxylic acids is 3. The van der Waals surface area contributed by atoms with E-state index in [9.17, 15) is 14.4 Å². The lowest BCUT2D eigenvalue weighted by atomic mass is 9.94. The van der Waals surface area contributed by atoms with Gasteiger partial charge < -0.3 is 20.4 Å². The van der Waals surface area contributed by atoms with Crippen LogP contribution in [0.5, 0.6) is 0 Å². The third-order valence-corrected chi connectivity index (χ3v) is 5.78. The SMILES string of the molecule is CCCCN(C)C(=O)C1CCN(C(=O)c2ccc(NC(=O)Nc3ccccc3)cc2)CC1. The van der Waals surface area contributed by atoms with Gasteiger partial charge in [-0.2, -0.15) is 0 Å². The number of hydrogen-bond acceptors (Lipinski definition) is 3. The Morgan fingerprint density at radius 3 is 2.12 bits per heavy atom. The summed E-state index contributed by atoms with van der Waals surface area (Å²) in [6.45, 7) is 4.06. The van der Waals surface area contributed by atoms with E-state index >= 15 is 0 Å². The summed E-state index contributed by atoms with van der Waals surface area (Å²) in [7, 11) is 1.87. The van der Waals surface area contributed by atoms with Crippen molar-refractivity contribution in [3.8, 4) is 0 Å². The van der Waals surface area contributed by atoms with Gasteiger partial charge in [-0.25, -0.2) is 4.79 Å².